The van der Waals surface area contributed by atoms with Gasteiger partial charge in [0.25, 0.3) is 0 Å². The van der Waals surface area contributed by atoms with Crippen molar-refractivity contribution in [1.29, 1.82) is 0 Å². The van der Waals surface area contributed by atoms with Gasteiger partial charge in [-0.3, -0.25) is 0 Å². The molecule has 0 saturated heterocycles. The summed E-state index contributed by atoms with van der Waals surface area (Å²) in [6.45, 7) is 7.96. The molecule has 1 aliphatic rings. The van der Waals surface area contributed by atoms with Gasteiger partial charge in [-0.25, -0.2) is 4.39 Å². The molecule has 2 rings (SSSR count). The van der Waals surface area contributed by atoms with Gasteiger partial charge in [-0.15, -0.1) is 0 Å². The summed E-state index contributed by atoms with van der Waals surface area (Å²) in [6.07, 6.45) is 0.939. The maximum Gasteiger partial charge on any atom is 0.138 e. The second-order valence-corrected chi connectivity index (χ2v) is 6.25. The lowest BCUT2D eigenvalue weighted by Crippen LogP contribution is -2.29. The van der Waals surface area contributed by atoms with Gasteiger partial charge >= 0.3 is 0 Å². The van der Waals surface area contributed by atoms with E-state index < -0.39 is 5.60 Å². The number of rotatable bonds is 4. The Labute approximate surface area is 125 Å². The summed E-state index contributed by atoms with van der Waals surface area (Å²) >= 11 is 0. The second kappa shape index (κ2) is 6.02. The highest BCUT2D eigenvalue weighted by molar-refractivity contribution is 6.02. The van der Waals surface area contributed by atoms with E-state index >= 15 is 0 Å². The Hall–Kier alpha value is -1.62. The van der Waals surface area contributed by atoms with Crippen LogP contribution >= 0.6 is 0 Å². The Balaban J connectivity index is 2.27. The van der Waals surface area contributed by atoms with E-state index in [0.717, 1.165) is 18.7 Å². The average Bonchev–Trinajstić information content (AvgIpc) is 2.41. The van der Waals surface area contributed by atoms with Gasteiger partial charge in [0.15, 0.2) is 0 Å². The van der Waals surface area contributed by atoms with Crippen LogP contribution in [0.25, 0.3) is 0 Å². The molecule has 0 amide bonds. The van der Waals surface area contributed by atoms with E-state index in [4.69, 9.17) is 4.74 Å². The van der Waals surface area contributed by atoms with E-state index in [9.17, 15) is 9.50 Å². The van der Waals surface area contributed by atoms with Crippen molar-refractivity contribution in [2.75, 3.05) is 13.2 Å². The van der Waals surface area contributed by atoms with Crippen LogP contribution in [0, 0.1) is 18.7 Å². The molecular weight excluding hydrogens is 271 g/mol. The molecule has 5 heteroatoms. The Morgan fingerprint density at radius 2 is 2.19 bits per heavy atom. The summed E-state index contributed by atoms with van der Waals surface area (Å²) < 4.78 is 20.1. The molecule has 0 radical (unpaired) electrons. The van der Waals surface area contributed by atoms with Gasteiger partial charge in [0.05, 0.1) is 11.3 Å². The van der Waals surface area contributed by atoms with Crippen molar-refractivity contribution >= 4 is 5.71 Å². The second-order valence-electron chi connectivity index (χ2n) is 6.25. The van der Waals surface area contributed by atoms with E-state index in [1.807, 2.05) is 6.92 Å². The lowest BCUT2D eigenvalue weighted by atomic mass is 9.93. The third kappa shape index (κ3) is 3.73. The molecule has 4 nitrogen and oxygen atoms in total. The van der Waals surface area contributed by atoms with Crippen LogP contribution < -0.4 is 10.2 Å². The first-order valence-corrected chi connectivity index (χ1v) is 7.24. The molecule has 1 heterocycles. The third-order valence-electron chi connectivity index (χ3n) is 3.55. The van der Waals surface area contributed by atoms with E-state index in [0.29, 0.717) is 16.9 Å². The van der Waals surface area contributed by atoms with Crippen LogP contribution in [-0.4, -0.2) is 29.6 Å². The minimum Gasteiger partial charge on any atom is -0.490 e. The fraction of sp³-hybridized carbons (Fsp3) is 0.562. The summed E-state index contributed by atoms with van der Waals surface area (Å²) in [7, 11) is 0. The molecule has 0 aromatic heterocycles. The van der Waals surface area contributed by atoms with E-state index in [1.165, 1.54) is 0 Å². The highest BCUT2D eigenvalue weighted by Gasteiger charge is 2.22. The quantitative estimate of drug-likeness (QED) is 0.897. The first-order chi connectivity index (χ1) is 9.79. The first kappa shape index (κ1) is 15.8. The van der Waals surface area contributed by atoms with Gasteiger partial charge in [0.2, 0.25) is 0 Å². The number of hydrogen-bond acceptors (Lipinski definition) is 4. The van der Waals surface area contributed by atoms with E-state index in [2.05, 4.69) is 10.5 Å². The minimum atomic E-state index is -0.951. The predicted octanol–water partition coefficient (Wildman–Crippen LogP) is 2.62. The molecular formula is C16H23FN2O2. The molecule has 116 valence electrons. The van der Waals surface area contributed by atoms with Crippen molar-refractivity contribution in [3.05, 3.63) is 29.1 Å². The molecule has 1 aliphatic heterocycles. The molecule has 21 heavy (non-hydrogen) atoms. The molecule has 1 unspecified atom stereocenters. The van der Waals surface area contributed by atoms with Crippen molar-refractivity contribution in [3.63, 3.8) is 0 Å². The third-order valence-corrected chi connectivity index (χ3v) is 3.55. The van der Waals surface area contributed by atoms with Crippen LogP contribution in [-0.2, 0) is 0 Å². The Bertz CT molecular complexity index is 550. The van der Waals surface area contributed by atoms with Crippen molar-refractivity contribution < 1.29 is 14.2 Å². The number of nitrogens with zero attached hydrogens (tertiary/aromatic N) is 1. The molecule has 1 aromatic carbocycles. The number of aliphatic hydroxyl groups is 1. The number of benzene rings is 1. The Kier molecular flexibility index (Phi) is 4.52. The smallest absolute Gasteiger partial charge is 0.138 e. The maximum absolute atomic E-state index is 14.6. The zero-order chi connectivity index (χ0) is 15.6. The van der Waals surface area contributed by atoms with Crippen molar-refractivity contribution in [2.45, 2.75) is 39.7 Å². The van der Waals surface area contributed by atoms with Gasteiger partial charge in [0, 0.05) is 23.6 Å². The number of nitrogens with one attached hydrogen (secondary N) is 1. The molecule has 0 saturated carbocycles. The van der Waals surface area contributed by atoms with Crippen LogP contribution in [0.5, 0.6) is 5.75 Å². The SMILES string of the molecule is Cc1c(OCC(C)(C)O)ccc(C2=NNCCC2C)c1F. The molecule has 0 bridgehead atoms. The summed E-state index contributed by atoms with van der Waals surface area (Å²) in [6, 6.07) is 3.44. The topological polar surface area (TPSA) is 53.9 Å². The van der Waals surface area contributed by atoms with Gasteiger partial charge in [0.1, 0.15) is 18.2 Å². The largest absolute Gasteiger partial charge is 0.490 e. The van der Waals surface area contributed by atoms with Crippen LogP contribution in [0.15, 0.2) is 17.2 Å². The zero-order valence-electron chi connectivity index (χ0n) is 13.0. The van der Waals surface area contributed by atoms with Gasteiger partial charge < -0.3 is 15.3 Å². The van der Waals surface area contributed by atoms with Gasteiger partial charge in [-0.2, -0.15) is 5.10 Å². The summed E-state index contributed by atoms with van der Waals surface area (Å²) in [5.41, 5.74) is 3.68. The molecule has 0 fully saturated rings. The normalized spacial score (nSPS) is 19.0. The monoisotopic (exact) mass is 294 g/mol. The van der Waals surface area contributed by atoms with E-state index in [1.54, 1.807) is 32.9 Å². The van der Waals surface area contributed by atoms with Gasteiger partial charge in [-0.1, -0.05) is 6.92 Å². The average molecular weight is 294 g/mol. The summed E-state index contributed by atoms with van der Waals surface area (Å²) in [4.78, 5) is 0. The van der Waals surface area contributed by atoms with Crippen molar-refractivity contribution in [1.82, 2.24) is 5.43 Å². The predicted molar refractivity (Wildman–Crippen MR) is 81.3 cm³/mol. The van der Waals surface area contributed by atoms with Crippen molar-refractivity contribution in [3.8, 4) is 5.75 Å². The standard InChI is InChI=1S/C16H23FN2O2/c1-10-7-8-18-19-15(10)12-5-6-13(11(2)14(12)17)21-9-16(3,4)20/h5-6,10,18,20H,7-9H2,1-4H3. The summed E-state index contributed by atoms with van der Waals surface area (Å²) in [5, 5.41) is 13.9. The molecule has 1 aromatic rings. The number of halogens is 1. The first-order valence-electron chi connectivity index (χ1n) is 7.24. The molecule has 0 aliphatic carbocycles. The molecule has 2 N–H and O–H groups in total. The number of hydrogen-bond donors (Lipinski definition) is 2. The lowest BCUT2D eigenvalue weighted by Gasteiger charge is -2.22. The van der Waals surface area contributed by atoms with Crippen LogP contribution in [0.4, 0.5) is 4.39 Å². The van der Waals surface area contributed by atoms with E-state index in [-0.39, 0.29) is 18.3 Å². The fourth-order valence-electron chi connectivity index (χ4n) is 2.27. The molecule has 0 spiro atoms. The highest BCUT2D eigenvalue weighted by Crippen LogP contribution is 2.27. The van der Waals surface area contributed by atoms with Crippen LogP contribution in [0.1, 0.15) is 38.3 Å². The van der Waals surface area contributed by atoms with Crippen molar-refractivity contribution in [2.24, 2.45) is 11.0 Å². The minimum absolute atomic E-state index is 0.117. The number of ether oxygens (including phenoxy) is 1. The summed E-state index contributed by atoms with van der Waals surface area (Å²) in [5.74, 6) is 0.372. The molecule has 1 atom stereocenters. The van der Waals surface area contributed by atoms with Gasteiger partial charge in [-0.05, 0) is 39.3 Å². The van der Waals surface area contributed by atoms with Crippen LogP contribution in [0.3, 0.4) is 0 Å². The Morgan fingerprint density at radius 3 is 2.81 bits per heavy atom. The number of hydrazone groups is 1. The fourth-order valence-corrected chi connectivity index (χ4v) is 2.27. The zero-order valence-corrected chi connectivity index (χ0v) is 13.0. The highest BCUT2D eigenvalue weighted by atomic mass is 19.1. The Morgan fingerprint density at radius 1 is 1.48 bits per heavy atom. The lowest BCUT2D eigenvalue weighted by molar-refractivity contribution is 0.0281. The maximum atomic E-state index is 14.6. The van der Waals surface area contributed by atoms with Crippen LogP contribution in [0.2, 0.25) is 0 Å².